The third kappa shape index (κ3) is 3.16. The highest BCUT2D eigenvalue weighted by atomic mass is 16.6. The largest absolute Gasteiger partial charge is 0.486 e. The molecule has 0 N–H and O–H groups in total. The normalized spacial score (nSPS) is 16.3. The number of carbonyl (C=O) groups excluding carboxylic acids is 1. The average Bonchev–Trinajstić information content (AvgIpc) is 2.53. The van der Waals surface area contributed by atoms with E-state index in [1.807, 2.05) is 43.3 Å². The molecule has 0 amide bonds. The molecule has 0 unspecified atom stereocenters. The summed E-state index contributed by atoms with van der Waals surface area (Å²) >= 11 is 0. The van der Waals surface area contributed by atoms with Crippen LogP contribution in [0.4, 0.5) is 0 Å². The molecule has 0 saturated heterocycles. The van der Waals surface area contributed by atoms with Gasteiger partial charge in [0.25, 0.3) is 0 Å². The molecule has 1 aliphatic rings. The van der Waals surface area contributed by atoms with Crippen LogP contribution >= 0.6 is 0 Å². The Balaban J connectivity index is 1.56. The van der Waals surface area contributed by atoms with Gasteiger partial charge in [0, 0.05) is 0 Å². The molecule has 4 heteroatoms. The molecule has 1 heterocycles. The van der Waals surface area contributed by atoms with E-state index in [0.717, 1.165) is 11.3 Å². The van der Waals surface area contributed by atoms with Crippen LogP contribution in [-0.2, 0) is 4.74 Å². The van der Waals surface area contributed by atoms with Crippen molar-refractivity contribution in [1.29, 1.82) is 0 Å². The van der Waals surface area contributed by atoms with Crippen molar-refractivity contribution < 1.29 is 19.0 Å². The van der Waals surface area contributed by atoms with Crippen LogP contribution in [0.3, 0.4) is 0 Å². The number of benzene rings is 2. The highest BCUT2D eigenvalue weighted by Gasteiger charge is 2.22. The number of hydrogen-bond donors (Lipinski definition) is 0. The van der Waals surface area contributed by atoms with Crippen LogP contribution in [0.15, 0.2) is 48.5 Å². The van der Waals surface area contributed by atoms with Gasteiger partial charge >= 0.3 is 5.97 Å². The second kappa shape index (κ2) is 5.87. The topological polar surface area (TPSA) is 44.8 Å². The monoisotopic (exact) mass is 284 g/mol. The molecule has 0 spiro atoms. The van der Waals surface area contributed by atoms with Crippen molar-refractivity contribution in [2.75, 3.05) is 13.2 Å². The molecular formula is C17H16O4. The fourth-order valence-corrected chi connectivity index (χ4v) is 2.09. The average molecular weight is 284 g/mol. The van der Waals surface area contributed by atoms with Crippen molar-refractivity contribution in [3.63, 3.8) is 0 Å². The van der Waals surface area contributed by atoms with Gasteiger partial charge in [-0.15, -0.1) is 0 Å². The molecule has 0 bridgehead atoms. The molecule has 0 fully saturated rings. The van der Waals surface area contributed by atoms with Crippen LogP contribution in [0.1, 0.15) is 15.9 Å². The lowest BCUT2D eigenvalue weighted by atomic mass is 10.1. The van der Waals surface area contributed by atoms with Crippen molar-refractivity contribution in [1.82, 2.24) is 0 Å². The van der Waals surface area contributed by atoms with Gasteiger partial charge in [-0.25, -0.2) is 4.79 Å². The summed E-state index contributed by atoms with van der Waals surface area (Å²) in [6.45, 7) is 2.51. The fourth-order valence-electron chi connectivity index (χ4n) is 2.09. The van der Waals surface area contributed by atoms with Gasteiger partial charge in [-0.2, -0.15) is 0 Å². The zero-order valence-corrected chi connectivity index (χ0v) is 11.7. The summed E-state index contributed by atoms with van der Waals surface area (Å²) in [5.74, 6) is 1.05. The Hall–Kier alpha value is -2.49. The van der Waals surface area contributed by atoms with E-state index in [9.17, 15) is 4.79 Å². The number of para-hydroxylation sites is 2. The lowest BCUT2D eigenvalue weighted by molar-refractivity contribution is 0.0110. The first-order valence-corrected chi connectivity index (χ1v) is 6.84. The number of fused-ring (bicyclic) bond motifs is 1. The number of rotatable bonds is 3. The summed E-state index contributed by atoms with van der Waals surface area (Å²) < 4.78 is 16.6. The molecular weight excluding hydrogens is 268 g/mol. The summed E-state index contributed by atoms with van der Waals surface area (Å²) in [6, 6.07) is 14.7. The minimum atomic E-state index is -0.350. The van der Waals surface area contributed by atoms with Crippen molar-refractivity contribution in [3.05, 3.63) is 59.7 Å². The van der Waals surface area contributed by atoms with Gasteiger partial charge in [0.1, 0.15) is 13.2 Å². The molecule has 108 valence electrons. The van der Waals surface area contributed by atoms with Crippen LogP contribution in [0.25, 0.3) is 0 Å². The second-order valence-electron chi connectivity index (χ2n) is 4.96. The highest BCUT2D eigenvalue weighted by molar-refractivity contribution is 5.89. The van der Waals surface area contributed by atoms with Crippen LogP contribution in [0.2, 0.25) is 0 Å². The molecule has 2 aromatic rings. The second-order valence-corrected chi connectivity index (χ2v) is 4.96. The zero-order valence-electron chi connectivity index (χ0n) is 11.7. The molecule has 0 saturated carbocycles. The zero-order chi connectivity index (χ0) is 14.7. The Kier molecular flexibility index (Phi) is 3.77. The standard InChI is InChI=1S/C17H16O4/c1-12-6-8-13(9-7-12)17(18)20-11-14-10-19-15-4-2-3-5-16(15)21-14/h2-9,14H,10-11H2,1H3/t14-/m1/s1. The van der Waals surface area contributed by atoms with Gasteiger partial charge in [-0.3, -0.25) is 0 Å². The number of aryl methyl sites for hydroxylation is 1. The van der Waals surface area contributed by atoms with E-state index in [0.29, 0.717) is 17.9 Å². The van der Waals surface area contributed by atoms with Gasteiger partial charge in [0.2, 0.25) is 0 Å². The van der Waals surface area contributed by atoms with Gasteiger partial charge in [-0.1, -0.05) is 29.8 Å². The number of hydrogen-bond acceptors (Lipinski definition) is 4. The number of esters is 1. The summed E-state index contributed by atoms with van der Waals surface area (Å²) in [5.41, 5.74) is 1.64. The lowest BCUT2D eigenvalue weighted by Gasteiger charge is -2.26. The number of carbonyl (C=O) groups is 1. The SMILES string of the molecule is Cc1ccc(C(=O)OC[C@H]2COc3ccccc3O2)cc1. The molecule has 0 aromatic heterocycles. The molecule has 2 aromatic carbocycles. The lowest BCUT2D eigenvalue weighted by Crippen LogP contribution is -2.34. The molecule has 4 nitrogen and oxygen atoms in total. The number of ether oxygens (including phenoxy) is 3. The van der Waals surface area contributed by atoms with E-state index in [1.54, 1.807) is 12.1 Å². The molecule has 1 aliphatic heterocycles. The van der Waals surface area contributed by atoms with Crippen LogP contribution in [-0.4, -0.2) is 25.3 Å². The van der Waals surface area contributed by atoms with Gasteiger partial charge < -0.3 is 14.2 Å². The Bertz CT molecular complexity index is 633. The van der Waals surface area contributed by atoms with Gasteiger partial charge in [0.05, 0.1) is 5.56 Å². The Morgan fingerprint density at radius 2 is 1.86 bits per heavy atom. The van der Waals surface area contributed by atoms with E-state index in [1.165, 1.54) is 0 Å². The first-order valence-electron chi connectivity index (χ1n) is 6.84. The molecule has 0 radical (unpaired) electrons. The van der Waals surface area contributed by atoms with Crippen molar-refractivity contribution in [2.45, 2.75) is 13.0 Å². The van der Waals surface area contributed by atoms with Crippen molar-refractivity contribution in [2.24, 2.45) is 0 Å². The van der Waals surface area contributed by atoms with Crippen LogP contribution < -0.4 is 9.47 Å². The van der Waals surface area contributed by atoms with Gasteiger partial charge in [0.15, 0.2) is 17.6 Å². The molecule has 21 heavy (non-hydrogen) atoms. The third-order valence-electron chi connectivity index (χ3n) is 3.26. The van der Waals surface area contributed by atoms with E-state index >= 15 is 0 Å². The van der Waals surface area contributed by atoms with Crippen LogP contribution in [0.5, 0.6) is 11.5 Å². The summed E-state index contributed by atoms with van der Waals surface area (Å²) in [6.07, 6.45) is -0.283. The fraction of sp³-hybridized carbons (Fsp3) is 0.235. The van der Waals surface area contributed by atoms with E-state index in [4.69, 9.17) is 14.2 Å². The Morgan fingerprint density at radius 1 is 1.14 bits per heavy atom. The third-order valence-corrected chi connectivity index (χ3v) is 3.26. The molecule has 0 aliphatic carbocycles. The van der Waals surface area contributed by atoms with E-state index in [2.05, 4.69) is 0 Å². The first kappa shape index (κ1) is 13.5. The van der Waals surface area contributed by atoms with E-state index < -0.39 is 0 Å². The summed E-state index contributed by atoms with van der Waals surface area (Å²) in [7, 11) is 0. The van der Waals surface area contributed by atoms with Gasteiger partial charge in [-0.05, 0) is 31.2 Å². The predicted molar refractivity (Wildman–Crippen MR) is 77.8 cm³/mol. The Morgan fingerprint density at radius 3 is 2.62 bits per heavy atom. The summed E-state index contributed by atoms with van der Waals surface area (Å²) in [5, 5.41) is 0. The minimum absolute atomic E-state index is 0.168. The minimum Gasteiger partial charge on any atom is -0.486 e. The smallest absolute Gasteiger partial charge is 0.338 e. The maximum atomic E-state index is 11.9. The van der Waals surface area contributed by atoms with Crippen LogP contribution in [0, 0.1) is 6.92 Å². The van der Waals surface area contributed by atoms with Crippen molar-refractivity contribution in [3.8, 4) is 11.5 Å². The quantitative estimate of drug-likeness (QED) is 0.813. The maximum absolute atomic E-state index is 11.9. The predicted octanol–water partition coefficient (Wildman–Crippen LogP) is 2.99. The highest BCUT2D eigenvalue weighted by Crippen LogP contribution is 2.30. The van der Waals surface area contributed by atoms with E-state index in [-0.39, 0.29) is 18.7 Å². The molecule has 1 atom stereocenters. The molecule has 3 rings (SSSR count). The summed E-state index contributed by atoms with van der Waals surface area (Å²) in [4.78, 5) is 11.9. The maximum Gasteiger partial charge on any atom is 0.338 e. The van der Waals surface area contributed by atoms with Crippen molar-refractivity contribution >= 4 is 5.97 Å². The first-order chi connectivity index (χ1) is 10.2. The Labute approximate surface area is 123 Å².